The highest BCUT2D eigenvalue weighted by Gasteiger charge is 2.26. The standard InChI is InChI=1S/C17H26N2O/c1-13-10-18-14(2)7-8-19(11-13)12-16-9-15-5-3-4-6-17(15)20-16/h3-6,13-14,16,18H,7-12H2,1-2H3. The molecule has 0 spiro atoms. The highest BCUT2D eigenvalue weighted by molar-refractivity contribution is 5.37. The molecule has 1 aromatic rings. The first-order valence-electron chi connectivity index (χ1n) is 7.91. The smallest absolute Gasteiger partial charge is 0.123 e. The van der Waals surface area contributed by atoms with Gasteiger partial charge in [0.15, 0.2) is 0 Å². The molecule has 2 aliphatic rings. The minimum atomic E-state index is 0.335. The van der Waals surface area contributed by atoms with E-state index in [0.717, 1.165) is 25.3 Å². The third-order valence-corrected chi connectivity index (χ3v) is 4.44. The summed E-state index contributed by atoms with van der Waals surface area (Å²) in [6.07, 6.45) is 2.63. The van der Waals surface area contributed by atoms with Crippen LogP contribution in [0.1, 0.15) is 25.8 Å². The van der Waals surface area contributed by atoms with Gasteiger partial charge in [0.05, 0.1) is 0 Å². The van der Waals surface area contributed by atoms with E-state index in [9.17, 15) is 0 Å². The quantitative estimate of drug-likeness (QED) is 0.895. The van der Waals surface area contributed by atoms with Crippen molar-refractivity contribution in [1.29, 1.82) is 0 Å². The predicted molar refractivity (Wildman–Crippen MR) is 82.2 cm³/mol. The largest absolute Gasteiger partial charge is 0.488 e. The van der Waals surface area contributed by atoms with Gasteiger partial charge in [-0.25, -0.2) is 0 Å². The maximum atomic E-state index is 6.09. The van der Waals surface area contributed by atoms with Crippen LogP contribution < -0.4 is 10.1 Å². The highest BCUT2D eigenvalue weighted by Crippen LogP contribution is 2.28. The Bertz CT molecular complexity index is 423. The summed E-state index contributed by atoms with van der Waals surface area (Å²) in [5.41, 5.74) is 1.37. The lowest BCUT2D eigenvalue weighted by Gasteiger charge is -2.32. The van der Waals surface area contributed by atoms with Crippen molar-refractivity contribution in [2.24, 2.45) is 5.92 Å². The predicted octanol–water partition coefficient (Wildman–Crippen LogP) is 2.31. The zero-order chi connectivity index (χ0) is 13.9. The van der Waals surface area contributed by atoms with Crippen molar-refractivity contribution in [2.75, 3.05) is 26.2 Å². The van der Waals surface area contributed by atoms with Gasteiger partial charge in [0.25, 0.3) is 0 Å². The van der Waals surface area contributed by atoms with Crippen molar-refractivity contribution in [3.63, 3.8) is 0 Å². The van der Waals surface area contributed by atoms with Crippen LogP contribution in [0.25, 0.3) is 0 Å². The first-order chi connectivity index (χ1) is 9.70. The first-order valence-corrected chi connectivity index (χ1v) is 7.91. The summed E-state index contributed by atoms with van der Waals surface area (Å²) in [6.45, 7) is 9.17. The number of para-hydroxylation sites is 1. The van der Waals surface area contributed by atoms with Crippen molar-refractivity contribution in [3.05, 3.63) is 29.8 Å². The van der Waals surface area contributed by atoms with E-state index in [1.807, 2.05) is 0 Å². The average molecular weight is 274 g/mol. The molecule has 0 amide bonds. The number of nitrogens with one attached hydrogen (secondary N) is 1. The van der Waals surface area contributed by atoms with E-state index in [1.54, 1.807) is 0 Å². The van der Waals surface area contributed by atoms with Gasteiger partial charge in [-0.05, 0) is 44.0 Å². The number of ether oxygens (including phenoxy) is 1. The van der Waals surface area contributed by atoms with Crippen molar-refractivity contribution >= 4 is 0 Å². The van der Waals surface area contributed by atoms with Crippen LogP contribution in [0.5, 0.6) is 5.75 Å². The molecule has 3 rings (SSSR count). The molecular formula is C17H26N2O. The molecule has 1 aromatic carbocycles. The Morgan fingerprint density at radius 1 is 1.30 bits per heavy atom. The molecule has 3 atom stereocenters. The van der Waals surface area contributed by atoms with Gasteiger partial charge in [-0.3, -0.25) is 4.90 Å². The second kappa shape index (κ2) is 6.15. The maximum absolute atomic E-state index is 6.09. The monoisotopic (exact) mass is 274 g/mol. The van der Waals surface area contributed by atoms with Crippen LogP contribution in [0.15, 0.2) is 24.3 Å². The maximum Gasteiger partial charge on any atom is 0.123 e. The van der Waals surface area contributed by atoms with Gasteiger partial charge in [0.2, 0.25) is 0 Å². The van der Waals surface area contributed by atoms with Gasteiger partial charge in [0, 0.05) is 25.6 Å². The fraction of sp³-hybridized carbons (Fsp3) is 0.647. The van der Waals surface area contributed by atoms with E-state index < -0.39 is 0 Å². The van der Waals surface area contributed by atoms with Gasteiger partial charge in [-0.1, -0.05) is 25.1 Å². The zero-order valence-corrected chi connectivity index (χ0v) is 12.6. The minimum absolute atomic E-state index is 0.335. The van der Waals surface area contributed by atoms with Crippen molar-refractivity contribution < 1.29 is 4.74 Å². The first kappa shape index (κ1) is 13.9. The van der Waals surface area contributed by atoms with Gasteiger partial charge in [-0.15, -0.1) is 0 Å². The molecule has 0 bridgehead atoms. The molecule has 0 radical (unpaired) electrons. The second-order valence-electron chi connectivity index (χ2n) is 6.51. The van der Waals surface area contributed by atoms with Gasteiger partial charge < -0.3 is 10.1 Å². The van der Waals surface area contributed by atoms with Crippen LogP contribution in [-0.4, -0.2) is 43.2 Å². The van der Waals surface area contributed by atoms with Crippen LogP contribution in [0.2, 0.25) is 0 Å². The minimum Gasteiger partial charge on any atom is -0.488 e. The van der Waals surface area contributed by atoms with E-state index >= 15 is 0 Å². The summed E-state index contributed by atoms with van der Waals surface area (Å²) in [6, 6.07) is 9.08. The number of nitrogens with zero attached hydrogens (tertiary/aromatic N) is 1. The summed E-state index contributed by atoms with van der Waals surface area (Å²) in [5.74, 6) is 1.80. The number of hydrogen-bond acceptors (Lipinski definition) is 3. The summed E-state index contributed by atoms with van der Waals surface area (Å²) < 4.78 is 6.09. The van der Waals surface area contributed by atoms with E-state index in [-0.39, 0.29) is 0 Å². The fourth-order valence-electron chi connectivity index (χ4n) is 3.29. The Balaban J connectivity index is 1.57. The molecule has 110 valence electrons. The molecule has 3 unspecified atom stereocenters. The summed E-state index contributed by atoms with van der Waals surface area (Å²) in [7, 11) is 0. The summed E-state index contributed by atoms with van der Waals surface area (Å²) in [5, 5.41) is 3.60. The molecule has 0 aliphatic carbocycles. The lowest BCUT2D eigenvalue weighted by molar-refractivity contribution is 0.126. The molecule has 1 fully saturated rings. The molecule has 0 saturated carbocycles. The van der Waals surface area contributed by atoms with Crippen LogP contribution >= 0.6 is 0 Å². The fourth-order valence-corrected chi connectivity index (χ4v) is 3.29. The number of benzene rings is 1. The number of hydrogen-bond donors (Lipinski definition) is 1. The van der Waals surface area contributed by atoms with Crippen LogP contribution in [0, 0.1) is 5.92 Å². The summed E-state index contributed by atoms with van der Waals surface area (Å²) >= 11 is 0. The highest BCUT2D eigenvalue weighted by atomic mass is 16.5. The molecule has 0 aromatic heterocycles. The van der Waals surface area contributed by atoms with Crippen LogP contribution in [-0.2, 0) is 6.42 Å². The van der Waals surface area contributed by atoms with Crippen LogP contribution in [0.4, 0.5) is 0 Å². The van der Waals surface area contributed by atoms with E-state index in [0.29, 0.717) is 18.1 Å². The number of rotatable bonds is 2. The Morgan fingerprint density at radius 3 is 3.00 bits per heavy atom. The Kier molecular flexibility index (Phi) is 4.27. The molecule has 3 heteroatoms. The van der Waals surface area contributed by atoms with Gasteiger partial charge in [0.1, 0.15) is 11.9 Å². The Morgan fingerprint density at radius 2 is 2.15 bits per heavy atom. The third-order valence-electron chi connectivity index (χ3n) is 4.44. The number of fused-ring (bicyclic) bond motifs is 1. The van der Waals surface area contributed by atoms with E-state index in [1.165, 1.54) is 25.1 Å². The van der Waals surface area contributed by atoms with Crippen molar-refractivity contribution in [2.45, 2.75) is 38.8 Å². The topological polar surface area (TPSA) is 24.5 Å². The summed E-state index contributed by atoms with van der Waals surface area (Å²) in [4.78, 5) is 2.60. The third kappa shape index (κ3) is 3.33. The molecule has 3 nitrogen and oxygen atoms in total. The SMILES string of the molecule is CC1CNC(C)CCN(CC2Cc3ccccc3O2)C1. The average Bonchev–Trinajstić information content (AvgIpc) is 2.83. The van der Waals surface area contributed by atoms with Gasteiger partial charge >= 0.3 is 0 Å². The molecule has 1 saturated heterocycles. The Hall–Kier alpha value is -1.06. The van der Waals surface area contributed by atoms with E-state index in [2.05, 4.69) is 48.3 Å². The lowest BCUT2D eigenvalue weighted by Crippen LogP contribution is -2.45. The van der Waals surface area contributed by atoms with Crippen LogP contribution in [0.3, 0.4) is 0 Å². The lowest BCUT2D eigenvalue weighted by atomic mass is 10.1. The molecule has 2 aliphatic heterocycles. The Labute approximate surface area is 122 Å². The van der Waals surface area contributed by atoms with Crippen molar-refractivity contribution in [1.82, 2.24) is 10.2 Å². The second-order valence-corrected chi connectivity index (χ2v) is 6.51. The molecule has 1 N–H and O–H groups in total. The van der Waals surface area contributed by atoms with E-state index in [4.69, 9.17) is 4.74 Å². The molecule has 20 heavy (non-hydrogen) atoms. The van der Waals surface area contributed by atoms with Crippen molar-refractivity contribution in [3.8, 4) is 5.75 Å². The zero-order valence-electron chi connectivity index (χ0n) is 12.6. The normalized spacial score (nSPS) is 31.2. The van der Waals surface area contributed by atoms with Gasteiger partial charge in [-0.2, -0.15) is 0 Å². The molecular weight excluding hydrogens is 248 g/mol. The molecule has 2 heterocycles.